The molecule has 1 aromatic carbocycles. The van der Waals surface area contributed by atoms with Gasteiger partial charge < -0.3 is 25.4 Å². The van der Waals surface area contributed by atoms with Crippen molar-refractivity contribution < 1.29 is 32.6 Å². The number of sulfonamides is 1. The molecule has 11 nitrogen and oxygen atoms in total. The highest BCUT2D eigenvalue weighted by Crippen LogP contribution is 2.23. The summed E-state index contributed by atoms with van der Waals surface area (Å²) in [6.07, 6.45) is 4.72. The van der Waals surface area contributed by atoms with Crippen molar-refractivity contribution in [2.75, 3.05) is 39.8 Å². The van der Waals surface area contributed by atoms with Gasteiger partial charge in [-0.3, -0.25) is 14.4 Å². The Kier molecular flexibility index (Phi) is 10.1. The second-order valence-electron chi connectivity index (χ2n) is 9.32. The minimum absolute atomic E-state index is 0.0408. The Morgan fingerprint density at radius 1 is 1.19 bits per heavy atom. The fraction of sp³-hybridized carbons (Fsp3) is 0.625. The number of carbonyl (C=O) groups excluding carboxylic acids is 2. The number of ether oxygens (including phenoxy) is 1. The van der Waals surface area contributed by atoms with Crippen LogP contribution in [0.1, 0.15) is 38.5 Å². The molecule has 0 aromatic heterocycles. The molecule has 0 spiro atoms. The maximum atomic E-state index is 12.8. The summed E-state index contributed by atoms with van der Waals surface area (Å²) in [4.78, 5) is 38.8. The number of hydrogen-bond acceptors (Lipinski definition) is 7. The molecule has 3 rings (SSSR count). The van der Waals surface area contributed by atoms with Gasteiger partial charge in [-0.15, -0.1) is 0 Å². The Bertz CT molecular complexity index is 1030. The Balaban J connectivity index is 1.52. The normalized spacial score (nSPS) is 19.9. The molecular weight excluding hydrogens is 488 g/mol. The van der Waals surface area contributed by atoms with E-state index in [9.17, 15) is 27.9 Å². The lowest BCUT2D eigenvalue weighted by molar-refractivity contribution is -0.139. The molecule has 2 atom stereocenters. The van der Waals surface area contributed by atoms with E-state index in [1.807, 2.05) is 0 Å². The molecular formula is C24H36N4O7S. The molecule has 36 heavy (non-hydrogen) atoms. The Morgan fingerprint density at radius 2 is 1.92 bits per heavy atom. The van der Waals surface area contributed by atoms with E-state index in [0.29, 0.717) is 31.7 Å². The average Bonchev–Trinajstić information content (AvgIpc) is 2.89. The van der Waals surface area contributed by atoms with E-state index in [1.54, 1.807) is 11.0 Å². The number of nitrogens with zero attached hydrogens (tertiary/aromatic N) is 1. The zero-order valence-electron chi connectivity index (χ0n) is 20.6. The van der Waals surface area contributed by atoms with Gasteiger partial charge in [0, 0.05) is 26.1 Å². The lowest BCUT2D eigenvalue weighted by Crippen LogP contribution is -2.51. The van der Waals surface area contributed by atoms with Gasteiger partial charge in [-0.05, 0) is 63.2 Å². The molecule has 2 amide bonds. The first-order valence-corrected chi connectivity index (χ1v) is 13.8. The maximum absolute atomic E-state index is 12.8. The van der Waals surface area contributed by atoms with Crippen molar-refractivity contribution in [2.45, 2.75) is 49.5 Å². The van der Waals surface area contributed by atoms with E-state index in [4.69, 9.17) is 4.74 Å². The molecule has 0 radical (unpaired) electrons. The number of piperidine rings is 2. The smallest absolute Gasteiger partial charge is 0.323 e. The lowest BCUT2D eigenvalue weighted by atomic mass is 9.92. The predicted molar refractivity (Wildman–Crippen MR) is 132 cm³/mol. The summed E-state index contributed by atoms with van der Waals surface area (Å²) < 4.78 is 32.7. The van der Waals surface area contributed by atoms with E-state index in [1.165, 1.54) is 25.3 Å². The van der Waals surface area contributed by atoms with Crippen molar-refractivity contribution in [1.82, 2.24) is 20.3 Å². The van der Waals surface area contributed by atoms with Crippen LogP contribution in [0.3, 0.4) is 0 Å². The lowest BCUT2D eigenvalue weighted by Gasteiger charge is -2.33. The van der Waals surface area contributed by atoms with Crippen LogP contribution in [-0.4, -0.2) is 82.1 Å². The molecule has 0 bridgehead atoms. The van der Waals surface area contributed by atoms with Crippen LogP contribution in [0.15, 0.2) is 29.2 Å². The van der Waals surface area contributed by atoms with Crippen molar-refractivity contribution in [3.63, 3.8) is 0 Å². The predicted octanol–water partition coefficient (Wildman–Crippen LogP) is 0.561. The highest BCUT2D eigenvalue weighted by molar-refractivity contribution is 7.89. The van der Waals surface area contributed by atoms with Gasteiger partial charge in [-0.2, -0.15) is 4.72 Å². The number of methoxy groups -OCH3 is 1. The van der Waals surface area contributed by atoms with Crippen molar-refractivity contribution in [3.05, 3.63) is 24.3 Å². The molecule has 2 fully saturated rings. The highest BCUT2D eigenvalue weighted by atomic mass is 32.2. The molecule has 0 saturated carbocycles. The first-order valence-electron chi connectivity index (χ1n) is 12.4. The number of benzene rings is 1. The van der Waals surface area contributed by atoms with Gasteiger partial charge in [0.05, 0.1) is 13.0 Å². The minimum Gasteiger partial charge on any atom is -0.495 e. The van der Waals surface area contributed by atoms with Gasteiger partial charge in [-0.25, -0.2) is 8.42 Å². The highest BCUT2D eigenvalue weighted by Gasteiger charge is 2.31. The van der Waals surface area contributed by atoms with Crippen LogP contribution in [0.2, 0.25) is 0 Å². The van der Waals surface area contributed by atoms with E-state index >= 15 is 0 Å². The number of rotatable bonds is 11. The summed E-state index contributed by atoms with van der Waals surface area (Å²) in [5.41, 5.74) is 0. The quantitative estimate of drug-likeness (QED) is 0.327. The molecule has 2 heterocycles. The third-order valence-corrected chi connectivity index (χ3v) is 8.32. The molecule has 2 saturated heterocycles. The minimum atomic E-state index is -4.22. The molecule has 12 heteroatoms. The van der Waals surface area contributed by atoms with Crippen LogP contribution in [0.25, 0.3) is 0 Å². The van der Waals surface area contributed by atoms with Gasteiger partial charge in [0.15, 0.2) is 0 Å². The number of likely N-dealkylation sites (tertiary alicyclic amines) is 1. The summed E-state index contributed by atoms with van der Waals surface area (Å²) in [5, 5.41) is 15.4. The number of carbonyl (C=O) groups is 3. The fourth-order valence-corrected chi connectivity index (χ4v) is 6.05. The molecule has 2 aliphatic rings. The van der Waals surface area contributed by atoms with Crippen LogP contribution < -0.4 is 20.1 Å². The van der Waals surface area contributed by atoms with E-state index in [0.717, 1.165) is 32.4 Å². The Hall–Kier alpha value is -2.70. The molecule has 0 aliphatic carbocycles. The maximum Gasteiger partial charge on any atom is 0.323 e. The average molecular weight is 525 g/mol. The van der Waals surface area contributed by atoms with Gasteiger partial charge in [0.25, 0.3) is 0 Å². The third kappa shape index (κ3) is 7.65. The van der Waals surface area contributed by atoms with Crippen LogP contribution >= 0.6 is 0 Å². The van der Waals surface area contributed by atoms with Gasteiger partial charge in [0.2, 0.25) is 21.8 Å². The Morgan fingerprint density at radius 3 is 2.61 bits per heavy atom. The second-order valence-corrected chi connectivity index (χ2v) is 11.0. The molecule has 200 valence electrons. The number of carboxylic acids is 1. The van der Waals surface area contributed by atoms with Crippen molar-refractivity contribution in [3.8, 4) is 5.75 Å². The molecule has 4 N–H and O–H groups in total. The number of para-hydroxylation sites is 1. The van der Waals surface area contributed by atoms with E-state index in [2.05, 4.69) is 15.4 Å². The van der Waals surface area contributed by atoms with Crippen LogP contribution in [0.4, 0.5) is 0 Å². The third-order valence-electron chi connectivity index (χ3n) is 6.80. The topological polar surface area (TPSA) is 154 Å². The summed E-state index contributed by atoms with van der Waals surface area (Å²) >= 11 is 0. The van der Waals surface area contributed by atoms with Crippen LogP contribution in [0, 0.1) is 11.8 Å². The summed E-state index contributed by atoms with van der Waals surface area (Å²) in [5.74, 6) is -1.63. The zero-order chi connectivity index (χ0) is 26.1. The van der Waals surface area contributed by atoms with Gasteiger partial charge in [0.1, 0.15) is 16.7 Å². The van der Waals surface area contributed by atoms with Crippen molar-refractivity contribution in [2.24, 2.45) is 11.8 Å². The van der Waals surface area contributed by atoms with Crippen LogP contribution in [-0.2, 0) is 24.4 Å². The Labute approximate surface area is 212 Å². The number of carboxylic acid groups (broad SMARTS) is 1. The second kappa shape index (κ2) is 13.0. The first-order chi connectivity index (χ1) is 17.2. The zero-order valence-corrected chi connectivity index (χ0v) is 21.4. The largest absolute Gasteiger partial charge is 0.495 e. The SMILES string of the molecule is COc1ccccc1S(=O)(=O)N[C@@H](CNC(=O)[C@H]1CCCN(C(=O)CCC2CCNCC2)C1)C(=O)O. The van der Waals surface area contributed by atoms with Crippen LogP contribution in [0.5, 0.6) is 5.75 Å². The number of aliphatic carboxylic acids is 1. The van der Waals surface area contributed by atoms with E-state index in [-0.39, 0.29) is 23.1 Å². The number of hydrogen-bond donors (Lipinski definition) is 4. The molecule has 1 aromatic rings. The summed E-state index contributed by atoms with van der Waals surface area (Å²) in [6, 6.07) is 4.27. The summed E-state index contributed by atoms with van der Waals surface area (Å²) in [6.45, 7) is 2.42. The number of amides is 2. The van der Waals surface area contributed by atoms with Crippen molar-refractivity contribution >= 4 is 27.8 Å². The molecule has 2 aliphatic heterocycles. The standard InChI is InChI=1S/C24H36N4O7S/c1-35-20-6-2-3-7-21(20)36(33,34)27-19(24(31)32)15-26-23(30)18-5-4-14-28(16-18)22(29)9-8-17-10-12-25-13-11-17/h2-3,6-7,17-19,25,27H,4-5,8-16H2,1H3,(H,26,30)(H,31,32)/t18-,19-/m0/s1. The van der Waals surface area contributed by atoms with E-state index < -0.39 is 40.4 Å². The molecule has 0 unspecified atom stereocenters. The fourth-order valence-electron chi connectivity index (χ4n) is 4.69. The summed E-state index contributed by atoms with van der Waals surface area (Å²) in [7, 11) is -2.91. The monoisotopic (exact) mass is 524 g/mol. The number of nitrogens with one attached hydrogen (secondary N) is 3. The van der Waals surface area contributed by atoms with Gasteiger partial charge >= 0.3 is 5.97 Å². The van der Waals surface area contributed by atoms with Crippen molar-refractivity contribution in [1.29, 1.82) is 0 Å². The van der Waals surface area contributed by atoms with Gasteiger partial charge in [-0.1, -0.05) is 12.1 Å². The first kappa shape index (κ1) is 27.9.